The zero-order valence-corrected chi connectivity index (χ0v) is 19.0. The fourth-order valence-corrected chi connectivity index (χ4v) is 5.45. The lowest BCUT2D eigenvalue weighted by atomic mass is 9.80. The van der Waals surface area contributed by atoms with Gasteiger partial charge in [-0.05, 0) is 54.6 Å². The molecule has 9 heteroatoms. The molecule has 3 N–H and O–H groups in total. The summed E-state index contributed by atoms with van der Waals surface area (Å²) in [4.78, 5) is 27.1. The first-order valence-electron chi connectivity index (χ1n) is 11.0. The molecule has 0 unspecified atom stereocenters. The monoisotopic (exact) mass is 470 g/mol. The Morgan fingerprint density at radius 2 is 1.91 bits per heavy atom. The number of nitrogens with zero attached hydrogens (tertiary/aromatic N) is 1. The van der Waals surface area contributed by atoms with Crippen LogP contribution in [-0.2, 0) is 15.0 Å². The van der Waals surface area contributed by atoms with Gasteiger partial charge in [-0.25, -0.2) is 8.78 Å². The van der Waals surface area contributed by atoms with E-state index in [4.69, 9.17) is 0 Å². The largest absolute Gasteiger partial charge is 0.357 e. The number of fused-ring (bicyclic) bond motifs is 2. The minimum absolute atomic E-state index is 0.000801. The van der Waals surface area contributed by atoms with Gasteiger partial charge in [0.15, 0.2) is 0 Å². The van der Waals surface area contributed by atoms with Crippen LogP contribution in [0.1, 0.15) is 37.7 Å². The number of amides is 2. The molecule has 0 bridgehead atoms. The number of hydrogen-bond acceptors (Lipinski definition) is 5. The van der Waals surface area contributed by atoms with E-state index in [0.29, 0.717) is 24.3 Å². The minimum atomic E-state index is -0.647. The Hall–Kier alpha value is -3.07. The molecular formula is C24H24F2N4O2S. The van der Waals surface area contributed by atoms with Gasteiger partial charge in [0.25, 0.3) is 0 Å². The smallest absolute Gasteiger partial charge is 0.248 e. The Kier molecular flexibility index (Phi) is 5.52. The molecule has 2 aromatic carbocycles. The molecule has 2 amide bonds. The third-order valence-corrected chi connectivity index (χ3v) is 7.53. The van der Waals surface area contributed by atoms with Crippen molar-refractivity contribution in [3.8, 4) is 0 Å². The van der Waals surface area contributed by atoms with Crippen LogP contribution in [0.15, 0.2) is 47.0 Å². The van der Waals surface area contributed by atoms with Crippen LogP contribution in [0, 0.1) is 11.6 Å². The van der Waals surface area contributed by atoms with E-state index in [1.54, 1.807) is 18.0 Å². The highest BCUT2D eigenvalue weighted by Crippen LogP contribution is 2.52. The van der Waals surface area contributed by atoms with Crippen LogP contribution in [0.2, 0.25) is 0 Å². The lowest BCUT2D eigenvalue weighted by Gasteiger charge is -2.25. The van der Waals surface area contributed by atoms with Crippen molar-refractivity contribution in [2.45, 2.75) is 42.4 Å². The normalized spacial score (nSPS) is 18.9. The Morgan fingerprint density at radius 3 is 2.64 bits per heavy atom. The summed E-state index contributed by atoms with van der Waals surface area (Å²) in [6, 6.07) is 7.21. The average Bonchev–Trinajstić information content (AvgIpc) is 3.37. The van der Waals surface area contributed by atoms with Crippen LogP contribution in [0.25, 0.3) is 0 Å². The van der Waals surface area contributed by atoms with E-state index in [1.165, 1.54) is 12.1 Å². The van der Waals surface area contributed by atoms with Gasteiger partial charge in [-0.2, -0.15) is 0 Å². The van der Waals surface area contributed by atoms with Gasteiger partial charge in [0.1, 0.15) is 11.6 Å². The summed E-state index contributed by atoms with van der Waals surface area (Å²) in [5.74, 6) is -1.35. The highest BCUT2D eigenvalue weighted by molar-refractivity contribution is 8.00. The fourth-order valence-electron chi connectivity index (χ4n) is 4.82. The number of carbonyl (C=O) groups is 2. The van der Waals surface area contributed by atoms with Crippen LogP contribution < -0.4 is 15.4 Å². The highest BCUT2D eigenvalue weighted by Gasteiger charge is 2.49. The number of likely N-dealkylation sites (N-methyl/N-ethyl adjacent to an activating group) is 1. The van der Waals surface area contributed by atoms with Crippen LogP contribution in [0.5, 0.6) is 0 Å². The molecule has 0 aromatic heterocycles. The van der Waals surface area contributed by atoms with E-state index in [-0.39, 0.29) is 16.7 Å². The highest BCUT2D eigenvalue weighted by atomic mass is 32.2. The molecule has 1 aliphatic carbocycles. The lowest BCUT2D eigenvalue weighted by molar-refractivity contribution is -0.125. The fraction of sp³-hybridized carbons (Fsp3) is 0.333. The lowest BCUT2D eigenvalue weighted by Crippen LogP contribution is -2.31. The summed E-state index contributed by atoms with van der Waals surface area (Å²) in [7, 11) is 1.76. The number of nitrogens with one attached hydrogen (secondary N) is 3. The molecule has 6 nitrogen and oxygen atoms in total. The van der Waals surface area contributed by atoms with Crippen molar-refractivity contribution in [2.24, 2.45) is 0 Å². The molecule has 1 spiro atoms. The second kappa shape index (κ2) is 8.37. The second-order valence-electron chi connectivity index (χ2n) is 8.77. The third-order valence-electron chi connectivity index (χ3n) is 6.64. The first-order chi connectivity index (χ1) is 15.9. The van der Waals surface area contributed by atoms with Crippen LogP contribution in [0.3, 0.4) is 0 Å². The van der Waals surface area contributed by atoms with Gasteiger partial charge < -0.3 is 20.3 Å². The zero-order valence-electron chi connectivity index (χ0n) is 18.1. The average molecular weight is 471 g/mol. The van der Waals surface area contributed by atoms with E-state index in [1.807, 2.05) is 12.1 Å². The molecule has 0 atom stereocenters. The van der Waals surface area contributed by atoms with Gasteiger partial charge in [-0.3, -0.25) is 9.59 Å². The minimum Gasteiger partial charge on any atom is -0.357 e. The molecule has 0 radical (unpaired) electrons. The SMILES string of the molecule is CN1CCC(Nc2cc(NSc3ccc(F)cc3F)cc3c2NC(=O)C32CCCC2)=CC1=O. The van der Waals surface area contributed by atoms with Crippen LogP contribution in [-0.4, -0.2) is 30.3 Å². The zero-order chi connectivity index (χ0) is 23.2. The summed E-state index contributed by atoms with van der Waals surface area (Å²) < 4.78 is 30.5. The summed E-state index contributed by atoms with van der Waals surface area (Å²) in [6.45, 7) is 0.605. The summed E-state index contributed by atoms with van der Waals surface area (Å²) in [5, 5.41) is 6.41. The topological polar surface area (TPSA) is 73.5 Å². The van der Waals surface area contributed by atoms with Crippen molar-refractivity contribution in [3.63, 3.8) is 0 Å². The molecule has 2 heterocycles. The molecule has 33 heavy (non-hydrogen) atoms. The molecular weight excluding hydrogens is 446 g/mol. The summed E-state index contributed by atoms with van der Waals surface area (Å²) >= 11 is 1.04. The summed E-state index contributed by atoms with van der Waals surface area (Å²) in [5.41, 5.74) is 3.24. The molecule has 5 rings (SSSR count). The Labute approximate surface area is 194 Å². The van der Waals surface area contributed by atoms with E-state index in [9.17, 15) is 18.4 Å². The molecule has 1 saturated carbocycles. The molecule has 1 fully saturated rings. The maximum atomic E-state index is 14.1. The number of halogens is 2. The van der Waals surface area contributed by atoms with Crippen molar-refractivity contribution in [2.75, 3.05) is 28.9 Å². The third kappa shape index (κ3) is 3.94. The van der Waals surface area contributed by atoms with Crippen molar-refractivity contribution < 1.29 is 18.4 Å². The molecule has 172 valence electrons. The second-order valence-corrected chi connectivity index (χ2v) is 9.62. The van der Waals surface area contributed by atoms with Gasteiger partial charge in [-0.1, -0.05) is 12.8 Å². The van der Waals surface area contributed by atoms with Crippen LogP contribution >= 0.6 is 11.9 Å². The molecule has 2 aliphatic heterocycles. The molecule has 2 aromatic rings. The van der Waals surface area contributed by atoms with E-state index >= 15 is 0 Å². The predicted molar refractivity (Wildman–Crippen MR) is 125 cm³/mol. The van der Waals surface area contributed by atoms with Gasteiger partial charge >= 0.3 is 0 Å². The van der Waals surface area contributed by atoms with E-state index in [2.05, 4.69) is 15.4 Å². The van der Waals surface area contributed by atoms with Crippen LogP contribution in [0.4, 0.5) is 25.8 Å². The first kappa shape index (κ1) is 21.8. The predicted octanol–water partition coefficient (Wildman–Crippen LogP) is 5.01. The van der Waals surface area contributed by atoms with Crippen molar-refractivity contribution >= 4 is 40.8 Å². The van der Waals surface area contributed by atoms with Crippen molar-refractivity contribution in [1.82, 2.24) is 4.90 Å². The quantitative estimate of drug-likeness (QED) is 0.536. The Bertz CT molecular complexity index is 1180. The Balaban J connectivity index is 1.50. The standard InChI is InChI=1S/C24H24F2N4O2S/c1-30-9-6-15(13-21(30)31)27-19-12-16(29-33-20-5-4-14(25)10-18(20)26)11-17-22(19)28-23(32)24(17)7-2-3-8-24/h4-5,10-13,27,29H,2-3,6-9H2,1H3,(H,28,32). The number of rotatable bonds is 5. The number of carbonyl (C=O) groups excluding carboxylic acids is 2. The maximum absolute atomic E-state index is 14.1. The Morgan fingerprint density at radius 1 is 1.12 bits per heavy atom. The number of anilines is 3. The van der Waals surface area contributed by atoms with Gasteiger partial charge in [0.2, 0.25) is 11.8 Å². The van der Waals surface area contributed by atoms with E-state index in [0.717, 1.165) is 60.6 Å². The van der Waals surface area contributed by atoms with Gasteiger partial charge in [0, 0.05) is 43.5 Å². The maximum Gasteiger partial charge on any atom is 0.248 e. The van der Waals surface area contributed by atoms with Crippen molar-refractivity contribution in [3.05, 3.63) is 59.3 Å². The number of benzene rings is 2. The van der Waals surface area contributed by atoms with E-state index < -0.39 is 17.0 Å². The van der Waals surface area contributed by atoms with Crippen molar-refractivity contribution in [1.29, 1.82) is 0 Å². The molecule has 0 saturated heterocycles. The number of hydrogen-bond donors (Lipinski definition) is 3. The summed E-state index contributed by atoms with van der Waals surface area (Å²) in [6.07, 6.45) is 5.76. The molecule has 3 aliphatic rings. The van der Waals surface area contributed by atoms with Gasteiger partial charge in [-0.15, -0.1) is 0 Å². The van der Waals surface area contributed by atoms with Gasteiger partial charge in [0.05, 0.1) is 21.7 Å². The first-order valence-corrected chi connectivity index (χ1v) is 11.8.